The van der Waals surface area contributed by atoms with E-state index in [1.807, 2.05) is 30.3 Å². The number of ether oxygens (including phenoxy) is 1. The first-order valence-electron chi connectivity index (χ1n) is 6.41. The van der Waals surface area contributed by atoms with E-state index in [1.54, 1.807) is 18.9 Å². The number of hydrogen-bond acceptors (Lipinski definition) is 6. The van der Waals surface area contributed by atoms with Gasteiger partial charge in [0.15, 0.2) is 0 Å². The lowest BCUT2D eigenvalue weighted by Gasteiger charge is -2.07. The standard InChI is InChI=1S/C14H18N4OS/c1-3-5-12-16-13(18-15)9-14(17-12)20-11-7-4-6-10(8-11)19-2/h4,6-9H,3,5,15H2,1-2H3,(H,16,17,18). The number of rotatable bonds is 6. The van der Waals surface area contributed by atoms with Crippen molar-refractivity contribution in [3.8, 4) is 5.75 Å². The van der Waals surface area contributed by atoms with E-state index >= 15 is 0 Å². The second kappa shape index (κ2) is 7.12. The van der Waals surface area contributed by atoms with Gasteiger partial charge in [-0.25, -0.2) is 15.8 Å². The van der Waals surface area contributed by atoms with Crippen LogP contribution in [0.5, 0.6) is 5.75 Å². The first kappa shape index (κ1) is 14.6. The molecule has 3 N–H and O–H groups in total. The maximum absolute atomic E-state index is 5.45. The quantitative estimate of drug-likeness (QED) is 0.484. The number of nitrogen functional groups attached to an aromatic ring is 1. The number of aromatic nitrogens is 2. The fourth-order valence-electron chi connectivity index (χ4n) is 1.72. The molecule has 1 aromatic heterocycles. The summed E-state index contributed by atoms with van der Waals surface area (Å²) in [5.74, 6) is 7.71. The third-order valence-corrected chi connectivity index (χ3v) is 3.54. The Bertz CT molecular complexity index is 577. The minimum atomic E-state index is 0.633. The van der Waals surface area contributed by atoms with Crippen LogP contribution in [0.1, 0.15) is 19.2 Å². The molecule has 1 heterocycles. The first-order valence-corrected chi connectivity index (χ1v) is 7.23. The van der Waals surface area contributed by atoms with Gasteiger partial charge in [0.05, 0.1) is 7.11 Å². The van der Waals surface area contributed by atoms with Crippen molar-refractivity contribution in [1.29, 1.82) is 0 Å². The fraction of sp³-hybridized carbons (Fsp3) is 0.286. The van der Waals surface area contributed by atoms with Crippen molar-refractivity contribution in [2.75, 3.05) is 12.5 Å². The van der Waals surface area contributed by atoms with Crippen LogP contribution in [0.15, 0.2) is 40.3 Å². The second-order valence-corrected chi connectivity index (χ2v) is 5.28. The molecule has 0 radical (unpaired) electrons. The number of anilines is 1. The first-order chi connectivity index (χ1) is 9.75. The Hall–Kier alpha value is -1.79. The lowest BCUT2D eigenvalue weighted by atomic mass is 10.3. The Morgan fingerprint density at radius 2 is 2.15 bits per heavy atom. The summed E-state index contributed by atoms with van der Waals surface area (Å²) in [7, 11) is 1.66. The van der Waals surface area contributed by atoms with Crippen LogP contribution in [0.2, 0.25) is 0 Å². The topological polar surface area (TPSA) is 73.1 Å². The summed E-state index contributed by atoms with van der Waals surface area (Å²) in [4.78, 5) is 9.93. The van der Waals surface area contributed by atoms with Crippen LogP contribution in [0.4, 0.5) is 5.82 Å². The molecule has 0 aliphatic heterocycles. The Morgan fingerprint density at radius 1 is 1.30 bits per heavy atom. The molecule has 0 amide bonds. The zero-order valence-corrected chi connectivity index (χ0v) is 12.4. The van der Waals surface area contributed by atoms with Crippen LogP contribution >= 0.6 is 11.8 Å². The molecule has 5 nitrogen and oxygen atoms in total. The molecule has 1 aromatic carbocycles. The van der Waals surface area contributed by atoms with Gasteiger partial charge in [0.1, 0.15) is 22.4 Å². The zero-order chi connectivity index (χ0) is 14.4. The number of methoxy groups -OCH3 is 1. The molecule has 0 saturated heterocycles. The minimum Gasteiger partial charge on any atom is -0.497 e. The van der Waals surface area contributed by atoms with E-state index in [-0.39, 0.29) is 0 Å². The predicted molar refractivity (Wildman–Crippen MR) is 81.0 cm³/mol. The Labute approximate surface area is 122 Å². The minimum absolute atomic E-state index is 0.633. The van der Waals surface area contributed by atoms with Crippen LogP contribution in [0, 0.1) is 0 Å². The molecule has 6 heteroatoms. The molecule has 20 heavy (non-hydrogen) atoms. The Kier molecular flexibility index (Phi) is 5.20. The highest BCUT2D eigenvalue weighted by Gasteiger charge is 2.06. The molecular weight excluding hydrogens is 272 g/mol. The van der Waals surface area contributed by atoms with Crippen molar-refractivity contribution in [2.45, 2.75) is 29.7 Å². The van der Waals surface area contributed by atoms with Crippen molar-refractivity contribution >= 4 is 17.6 Å². The van der Waals surface area contributed by atoms with E-state index in [1.165, 1.54) is 0 Å². The van der Waals surface area contributed by atoms with Gasteiger partial charge in [-0.3, -0.25) is 0 Å². The van der Waals surface area contributed by atoms with E-state index in [0.29, 0.717) is 5.82 Å². The van der Waals surface area contributed by atoms with Gasteiger partial charge in [0.25, 0.3) is 0 Å². The van der Waals surface area contributed by atoms with Crippen LogP contribution in [0.25, 0.3) is 0 Å². The van der Waals surface area contributed by atoms with Gasteiger partial charge < -0.3 is 10.2 Å². The van der Waals surface area contributed by atoms with E-state index < -0.39 is 0 Å². The van der Waals surface area contributed by atoms with Gasteiger partial charge in [0, 0.05) is 17.4 Å². The molecular formula is C14H18N4OS. The lowest BCUT2D eigenvalue weighted by molar-refractivity contribution is 0.413. The summed E-state index contributed by atoms with van der Waals surface area (Å²) in [5.41, 5.74) is 2.59. The van der Waals surface area contributed by atoms with Gasteiger partial charge in [-0.05, 0) is 24.6 Å². The molecule has 0 atom stereocenters. The monoisotopic (exact) mass is 290 g/mol. The summed E-state index contributed by atoms with van der Waals surface area (Å²) in [5, 5.41) is 0.865. The third kappa shape index (κ3) is 3.85. The SMILES string of the molecule is CCCc1nc(NN)cc(Sc2cccc(OC)c2)n1. The number of benzene rings is 1. The van der Waals surface area contributed by atoms with Gasteiger partial charge in [0.2, 0.25) is 0 Å². The highest BCUT2D eigenvalue weighted by atomic mass is 32.2. The normalized spacial score (nSPS) is 10.3. The number of hydrazine groups is 1. The van der Waals surface area contributed by atoms with E-state index in [4.69, 9.17) is 10.6 Å². The number of hydrogen-bond donors (Lipinski definition) is 2. The summed E-state index contributed by atoms with van der Waals surface area (Å²) < 4.78 is 5.22. The van der Waals surface area contributed by atoms with Crippen molar-refractivity contribution in [1.82, 2.24) is 9.97 Å². The van der Waals surface area contributed by atoms with Gasteiger partial charge in [-0.1, -0.05) is 24.8 Å². The molecule has 2 aromatic rings. The Morgan fingerprint density at radius 3 is 2.85 bits per heavy atom. The predicted octanol–water partition coefficient (Wildman–Crippen LogP) is 2.87. The van der Waals surface area contributed by atoms with Gasteiger partial charge >= 0.3 is 0 Å². The van der Waals surface area contributed by atoms with Gasteiger partial charge in [-0.2, -0.15) is 0 Å². The average Bonchev–Trinajstić information content (AvgIpc) is 2.47. The van der Waals surface area contributed by atoms with Crippen LogP contribution in [0.3, 0.4) is 0 Å². The van der Waals surface area contributed by atoms with Crippen LogP contribution in [-0.2, 0) is 6.42 Å². The summed E-state index contributed by atoms with van der Waals surface area (Å²) in [6.07, 6.45) is 1.83. The molecule has 0 spiro atoms. The molecule has 0 aliphatic carbocycles. The molecule has 0 saturated carbocycles. The van der Waals surface area contributed by atoms with Crippen molar-refractivity contribution in [2.24, 2.45) is 5.84 Å². The molecule has 0 bridgehead atoms. The zero-order valence-electron chi connectivity index (χ0n) is 11.6. The average molecular weight is 290 g/mol. The summed E-state index contributed by atoms with van der Waals surface area (Å²) in [6, 6.07) is 9.70. The van der Waals surface area contributed by atoms with E-state index in [2.05, 4.69) is 22.3 Å². The molecule has 2 rings (SSSR count). The maximum atomic E-state index is 5.45. The number of nitrogens with one attached hydrogen (secondary N) is 1. The number of nitrogens with two attached hydrogens (primary N) is 1. The second-order valence-electron chi connectivity index (χ2n) is 4.18. The van der Waals surface area contributed by atoms with E-state index in [0.717, 1.165) is 34.3 Å². The lowest BCUT2D eigenvalue weighted by Crippen LogP contribution is -2.10. The van der Waals surface area contributed by atoms with Crippen molar-refractivity contribution < 1.29 is 4.74 Å². The highest BCUT2D eigenvalue weighted by molar-refractivity contribution is 7.99. The highest BCUT2D eigenvalue weighted by Crippen LogP contribution is 2.29. The van der Waals surface area contributed by atoms with E-state index in [9.17, 15) is 0 Å². The number of aryl methyl sites for hydroxylation is 1. The van der Waals surface area contributed by atoms with Crippen LogP contribution in [-0.4, -0.2) is 17.1 Å². The number of nitrogens with zero attached hydrogens (tertiary/aromatic N) is 2. The van der Waals surface area contributed by atoms with Crippen molar-refractivity contribution in [3.05, 3.63) is 36.2 Å². The van der Waals surface area contributed by atoms with Gasteiger partial charge in [-0.15, -0.1) is 0 Å². The van der Waals surface area contributed by atoms with Crippen molar-refractivity contribution in [3.63, 3.8) is 0 Å². The molecule has 0 fully saturated rings. The molecule has 0 aliphatic rings. The Balaban J connectivity index is 2.24. The maximum Gasteiger partial charge on any atom is 0.144 e. The summed E-state index contributed by atoms with van der Waals surface area (Å²) in [6.45, 7) is 2.10. The third-order valence-electron chi connectivity index (χ3n) is 2.63. The largest absolute Gasteiger partial charge is 0.497 e. The van der Waals surface area contributed by atoms with Crippen LogP contribution < -0.4 is 16.0 Å². The smallest absolute Gasteiger partial charge is 0.144 e. The molecule has 106 valence electrons. The fourth-order valence-corrected chi connectivity index (χ4v) is 2.60. The molecule has 0 unspecified atom stereocenters. The summed E-state index contributed by atoms with van der Waals surface area (Å²) >= 11 is 1.56.